The highest BCUT2D eigenvalue weighted by Gasteiger charge is 2.33. The fourth-order valence-electron chi connectivity index (χ4n) is 1.95. The molecule has 7 heteroatoms. The van der Waals surface area contributed by atoms with Gasteiger partial charge in [0.25, 0.3) is 0 Å². The van der Waals surface area contributed by atoms with Crippen LogP contribution in [0.25, 0.3) is 0 Å². The number of nitrogens with two attached hydrogens (primary N) is 1. The molecule has 1 rings (SSSR count). The minimum atomic E-state index is -1.10. The van der Waals surface area contributed by atoms with Crippen LogP contribution in [0.5, 0.6) is 0 Å². The zero-order chi connectivity index (χ0) is 17.1. The molecule has 0 amide bonds. The van der Waals surface area contributed by atoms with E-state index in [-0.39, 0.29) is 11.4 Å². The fourth-order valence-corrected chi connectivity index (χ4v) is 2.26. The van der Waals surface area contributed by atoms with Gasteiger partial charge < -0.3 is 15.6 Å². The van der Waals surface area contributed by atoms with Crippen molar-refractivity contribution in [1.29, 1.82) is 0 Å². The van der Waals surface area contributed by atoms with Crippen molar-refractivity contribution in [3.05, 3.63) is 33.8 Å². The first-order chi connectivity index (χ1) is 10.0. The standard InChI is InChI=1S/C15H19Cl2NO4/c1-15(2,3)22-14(21)13(11(18)7-12(19)20)8-4-5-9(16)10(17)6-8/h4-6,11,13H,7,18H2,1-3H3,(H,19,20)/t11-,13-/m0/s1. The van der Waals surface area contributed by atoms with E-state index in [0.29, 0.717) is 10.6 Å². The number of ether oxygens (including phenoxy) is 1. The highest BCUT2D eigenvalue weighted by Crippen LogP contribution is 2.30. The monoisotopic (exact) mass is 347 g/mol. The van der Waals surface area contributed by atoms with Crippen LogP contribution >= 0.6 is 23.2 Å². The Kier molecular flexibility index (Phi) is 6.23. The normalized spacial score (nSPS) is 14.3. The second-order valence-electron chi connectivity index (χ2n) is 5.95. The zero-order valence-corrected chi connectivity index (χ0v) is 14.1. The number of benzene rings is 1. The van der Waals surface area contributed by atoms with Crippen LogP contribution in [0.1, 0.15) is 38.7 Å². The molecule has 0 aliphatic rings. The predicted octanol–water partition coefficient (Wildman–Crippen LogP) is 3.22. The molecule has 0 fully saturated rings. The molecule has 1 aromatic carbocycles. The number of carbonyl (C=O) groups excluding carboxylic acids is 1. The SMILES string of the molecule is CC(C)(C)OC(=O)[C@@H](c1ccc(Cl)c(Cl)c1)[C@@H](N)CC(=O)O. The van der Waals surface area contributed by atoms with E-state index in [2.05, 4.69) is 0 Å². The van der Waals surface area contributed by atoms with E-state index in [9.17, 15) is 9.59 Å². The minimum Gasteiger partial charge on any atom is -0.481 e. The predicted molar refractivity (Wildman–Crippen MR) is 85.3 cm³/mol. The van der Waals surface area contributed by atoms with E-state index in [1.165, 1.54) is 12.1 Å². The van der Waals surface area contributed by atoms with Crippen LogP contribution in [0.3, 0.4) is 0 Å². The first kappa shape index (κ1) is 18.7. The van der Waals surface area contributed by atoms with Crippen molar-refractivity contribution < 1.29 is 19.4 Å². The number of aliphatic carboxylic acids is 1. The summed E-state index contributed by atoms with van der Waals surface area (Å²) < 4.78 is 5.34. The van der Waals surface area contributed by atoms with Crippen LogP contribution < -0.4 is 5.73 Å². The number of hydrogen-bond acceptors (Lipinski definition) is 4. The van der Waals surface area contributed by atoms with E-state index in [0.717, 1.165) is 0 Å². The first-order valence-corrected chi connectivity index (χ1v) is 7.42. The Morgan fingerprint density at radius 1 is 1.27 bits per heavy atom. The topological polar surface area (TPSA) is 89.6 Å². The average molecular weight is 348 g/mol. The van der Waals surface area contributed by atoms with Gasteiger partial charge in [0.15, 0.2) is 0 Å². The van der Waals surface area contributed by atoms with Crippen molar-refractivity contribution in [2.24, 2.45) is 5.73 Å². The Bertz CT molecular complexity index is 569. The molecule has 0 aromatic heterocycles. The van der Waals surface area contributed by atoms with Crippen molar-refractivity contribution in [2.75, 3.05) is 0 Å². The number of carboxylic acid groups (broad SMARTS) is 1. The minimum absolute atomic E-state index is 0.259. The Balaban J connectivity index is 3.17. The number of halogens is 2. The third-order valence-corrected chi connectivity index (χ3v) is 3.54. The molecule has 0 aliphatic heterocycles. The van der Waals surface area contributed by atoms with Crippen LogP contribution in [0.15, 0.2) is 18.2 Å². The van der Waals surface area contributed by atoms with Gasteiger partial charge in [-0.05, 0) is 38.5 Å². The van der Waals surface area contributed by atoms with E-state index in [4.69, 9.17) is 38.8 Å². The lowest BCUT2D eigenvalue weighted by Crippen LogP contribution is -2.39. The Hall–Kier alpha value is -1.30. The summed E-state index contributed by atoms with van der Waals surface area (Å²) >= 11 is 11.8. The molecule has 3 N–H and O–H groups in total. The molecule has 0 saturated carbocycles. The highest BCUT2D eigenvalue weighted by molar-refractivity contribution is 6.42. The maximum absolute atomic E-state index is 12.4. The number of hydrogen-bond donors (Lipinski definition) is 2. The highest BCUT2D eigenvalue weighted by atomic mass is 35.5. The molecule has 122 valence electrons. The van der Waals surface area contributed by atoms with E-state index in [1.54, 1.807) is 26.8 Å². The molecule has 5 nitrogen and oxygen atoms in total. The van der Waals surface area contributed by atoms with Gasteiger partial charge in [-0.1, -0.05) is 29.3 Å². The van der Waals surface area contributed by atoms with E-state index >= 15 is 0 Å². The molecule has 0 bridgehead atoms. The molecule has 2 atom stereocenters. The second-order valence-corrected chi connectivity index (χ2v) is 6.76. The van der Waals surface area contributed by atoms with Gasteiger partial charge in [-0.15, -0.1) is 0 Å². The van der Waals surface area contributed by atoms with Crippen LogP contribution in [0, 0.1) is 0 Å². The summed E-state index contributed by atoms with van der Waals surface area (Å²) in [7, 11) is 0. The number of esters is 1. The maximum atomic E-state index is 12.4. The third-order valence-electron chi connectivity index (χ3n) is 2.80. The largest absolute Gasteiger partial charge is 0.481 e. The third kappa shape index (κ3) is 5.48. The number of carboxylic acids is 1. The summed E-state index contributed by atoms with van der Waals surface area (Å²) in [6, 6.07) is 3.68. The van der Waals surface area contributed by atoms with Gasteiger partial charge in [-0.2, -0.15) is 0 Å². The van der Waals surface area contributed by atoms with Gasteiger partial charge >= 0.3 is 11.9 Å². The first-order valence-electron chi connectivity index (χ1n) is 6.66. The molecule has 22 heavy (non-hydrogen) atoms. The molecule has 0 saturated heterocycles. The molecule has 0 radical (unpaired) electrons. The molecule has 0 unspecified atom stereocenters. The van der Waals surface area contributed by atoms with Gasteiger partial charge in [-0.3, -0.25) is 9.59 Å². The van der Waals surface area contributed by atoms with Gasteiger partial charge in [0.1, 0.15) is 5.60 Å². The van der Waals surface area contributed by atoms with Crippen LogP contribution in [0.4, 0.5) is 0 Å². The Labute approximate surface area is 139 Å². The maximum Gasteiger partial charge on any atom is 0.315 e. The fraction of sp³-hybridized carbons (Fsp3) is 0.467. The molecule has 0 heterocycles. The lowest BCUT2D eigenvalue weighted by atomic mass is 9.90. The molecular weight excluding hydrogens is 329 g/mol. The Morgan fingerprint density at radius 2 is 1.86 bits per heavy atom. The average Bonchev–Trinajstić information content (AvgIpc) is 2.30. The number of rotatable bonds is 5. The second kappa shape index (κ2) is 7.31. The summed E-state index contributed by atoms with van der Waals surface area (Å²) in [5.41, 5.74) is 5.66. The molecular formula is C15H19Cl2NO4. The smallest absolute Gasteiger partial charge is 0.315 e. The van der Waals surface area contributed by atoms with Crippen molar-refractivity contribution in [2.45, 2.75) is 44.8 Å². The van der Waals surface area contributed by atoms with Crippen molar-refractivity contribution >= 4 is 35.1 Å². The van der Waals surface area contributed by atoms with Gasteiger partial charge in [0, 0.05) is 6.04 Å². The summed E-state index contributed by atoms with van der Waals surface area (Å²) in [5, 5.41) is 9.51. The van der Waals surface area contributed by atoms with Crippen molar-refractivity contribution in [3.63, 3.8) is 0 Å². The molecule has 0 spiro atoms. The summed E-state index contributed by atoms with van der Waals surface area (Å²) in [6.07, 6.45) is -0.371. The van der Waals surface area contributed by atoms with Gasteiger partial charge in [-0.25, -0.2) is 0 Å². The van der Waals surface area contributed by atoms with E-state index in [1.807, 2.05) is 0 Å². The molecule has 1 aromatic rings. The lowest BCUT2D eigenvalue weighted by molar-refractivity contribution is -0.157. The number of carbonyl (C=O) groups is 2. The van der Waals surface area contributed by atoms with Crippen molar-refractivity contribution in [3.8, 4) is 0 Å². The Morgan fingerprint density at radius 3 is 2.32 bits per heavy atom. The van der Waals surface area contributed by atoms with Crippen LogP contribution in [0.2, 0.25) is 10.0 Å². The van der Waals surface area contributed by atoms with E-state index < -0.39 is 29.5 Å². The van der Waals surface area contributed by atoms with Crippen LogP contribution in [-0.4, -0.2) is 28.7 Å². The van der Waals surface area contributed by atoms with Gasteiger partial charge in [0.2, 0.25) is 0 Å². The summed E-state index contributed by atoms with van der Waals surface area (Å²) in [6.45, 7) is 5.17. The zero-order valence-electron chi connectivity index (χ0n) is 12.6. The quantitative estimate of drug-likeness (QED) is 0.798. The van der Waals surface area contributed by atoms with Gasteiger partial charge in [0.05, 0.1) is 22.4 Å². The lowest BCUT2D eigenvalue weighted by Gasteiger charge is -2.27. The summed E-state index contributed by atoms with van der Waals surface area (Å²) in [4.78, 5) is 23.3. The van der Waals surface area contributed by atoms with Crippen LogP contribution in [-0.2, 0) is 14.3 Å². The molecule has 0 aliphatic carbocycles. The van der Waals surface area contributed by atoms with Crippen molar-refractivity contribution in [1.82, 2.24) is 0 Å². The summed E-state index contributed by atoms with van der Waals surface area (Å²) in [5.74, 6) is -2.63.